The van der Waals surface area contributed by atoms with Crippen molar-refractivity contribution in [3.8, 4) is 11.4 Å². The molecule has 0 unspecified atom stereocenters. The zero-order valence-corrected chi connectivity index (χ0v) is 17.9. The fraction of sp³-hybridized carbons (Fsp3) is 0.318. The van der Waals surface area contributed by atoms with Crippen LogP contribution < -0.4 is 10.2 Å². The molecular weight excluding hydrogens is 412 g/mol. The molecule has 0 radical (unpaired) electrons. The normalized spacial score (nSPS) is 14.4. The Labute approximate surface area is 185 Å². The molecule has 1 aromatic heterocycles. The molecule has 1 N–H and O–H groups in total. The van der Waals surface area contributed by atoms with E-state index in [-0.39, 0.29) is 11.6 Å². The Morgan fingerprint density at radius 3 is 2.62 bits per heavy atom. The van der Waals surface area contributed by atoms with E-state index in [1.54, 1.807) is 6.07 Å². The van der Waals surface area contributed by atoms with Gasteiger partial charge in [0.15, 0.2) is 0 Å². The first-order valence-corrected chi connectivity index (χ1v) is 10.3. The van der Waals surface area contributed by atoms with Gasteiger partial charge in [0.25, 0.3) is 11.6 Å². The second-order valence-electron chi connectivity index (χ2n) is 7.63. The topological polar surface area (TPSA) is 118 Å². The van der Waals surface area contributed by atoms with Crippen LogP contribution in [0.4, 0.5) is 11.4 Å². The van der Waals surface area contributed by atoms with Gasteiger partial charge in [0.05, 0.1) is 22.7 Å². The Hall–Kier alpha value is -3.79. The van der Waals surface area contributed by atoms with Crippen molar-refractivity contribution < 1.29 is 14.2 Å². The summed E-state index contributed by atoms with van der Waals surface area (Å²) in [5.41, 5.74) is 2.92. The van der Waals surface area contributed by atoms with E-state index >= 15 is 0 Å². The Bertz CT molecular complexity index is 1140. The number of non-ortho nitro benzene ring substituents is 1. The van der Waals surface area contributed by atoms with Gasteiger partial charge in [-0.05, 0) is 18.6 Å². The highest BCUT2D eigenvalue weighted by Crippen LogP contribution is 2.27. The minimum absolute atomic E-state index is 0.105. The van der Waals surface area contributed by atoms with Gasteiger partial charge >= 0.3 is 0 Å². The number of nitrogens with one attached hydrogen (secondary N) is 1. The molecule has 0 bridgehead atoms. The monoisotopic (exact) mass is 436 g/mol. The molecule has 0 saturated carbocycles. The van der Waals surface area contributed by atoms with Crippen molar-refractivity contribution >= 4 is 17.3 Å². The summed E-state index contributed by atoms with van der Waals surface area (Å²) in [5, 5.41) is 17.8. The minimum Gasteiger partial charge on any atom is -0.368 e. The van der Waals surface area contributed by atoms with Crippen molar-refractivity contribution in [2.24, 2.45) is 0 Å². The molecule has 10 heteroatoms. The van der Waals surface area contributed by atoms with Gasteiger partial charge in [-0.1, -0.05) is 29.4 Å². The summed E-state index contributed by atoms with van der Waals surface area (Å²) in [6.45, 7) is 5.34. The fourth-order valence-corrected chi connectivity index (χ4v) is 3.82. The highest BCUT2D eigenvalue weighted by atomic mass is 16.6. The number of aryl methyl sites for hydroxylation is 1. The van der Waals surface area contributed by atoms with Crippen LogP contribution >= 0.6 is 0 Å². The van der Waals surface area contributed by atoms with E-state index < -0.39 is 4.92 Å². The lowest BCUT2D eigenvalue weighted by Gasteiger charge is -2.36. The molecule has 0 spiro atoms. The van der Waals surface area contributed by atoms with Crippen LogP contribution in [0.1, 0.15) is 21.8 Å². The smallest absolute Gasteiger partial charge is 0.270 e. The molecule has 0 aliphatic carbocycles. The highest BCUT2D eigenvalue weighted by molar-refractivity contribution is 6.00. The Kier molecular flexibility index (Phi) is 6.13. The van der Waals surface area contributed by atoms with E-state index in [4.69, 9.17) is 4.52 Å². The molecule has 32 heavy (non-hydrogen) atoms. The van der Waals surface area contributed by atoms with Crippen LogP contribution in [0, 0.1) is 17.0 Å². The number of hydrogen-bond donors (Lipinski definition) is 1. The number of anilines is 1. The van der Waals surface area contributed by atoms with E-state index in [0.29, 0.717) is 42.6 Å². The number of nitro benzene ring substituents is 1. The second-order valence-corrected chi connectivity index (χ2v) is 7.63. The van der Waals surface area contributed by atoms with Gasteiger partial charge in [0, 0.05) is 50.9 Å². The molecule has 2 aromatic carbocycles. The number of rotatable bonds is 6. The molecule has 2 heterocycles. The van der Waals surface area contributed by atoms with Gasteiger partial charge in [0.1, 0.15) is 0 Å². The summed E-state index contributed by atoms with van der Waals surface area (Å²) in [7, 11) is 1.51. The maximum atomic E-state index is 12.3. The lowest BCUT2D eigenvalue weighted by molar-refractivity contribution is -0.384. The van der Waals surface area contributed by atoms with Crippen LogP contribution in [0.25, 0.3) is 11.4 Å². The third-order valence-electron chi connectivity index (χ3n) is 5.59. The Morgan fingerprint density at radius 1 is 1.19 bits per heavy atom. The van der Waals surface area contributed by atoms with Gasteiger partial charge in [-0.3, -0.25) is 19.8 Å². The number of nitrogens with zero attached hydrogens (tertiary/aromatic N) is 5. The zero-order valence-electron chi connectivity index (χ0n) is 17.9. The number of nitro groups is 1. The number of hydrogen-bond acceptors (Lipinski definition) is 8. The van der Waals surface area contributed by atoms with Crippen molar-refractivity contribution in [1.29, 1.82) is 0 Å². The first kappa shape index (κ1) is 21.4. The highest BCUT2D eigenvalue weighted by Gasteiger charge is 2.24. The average Bonchev–Trinajstić information content (AvgIpc) is 3.27. The van der Waals surface area contributed by atoms with Gasteiger partial charge in [-0.25, -0.2) is 0 Å². The molecule has 166 valence electrons. The minimum atomic E-state index is -0.496. The molecule has 1 aliphatic rings. The van der Waals surface area contributed by atoms with Crippen LogP contribution in [-0.2, 0) is 6.54 Å². The van der Waals surface area contributed by atoms with E-state index in [0.717, 1.165) is 24.2 Å². The molecule has 3 aromatic rings. The number of benzene rings is 2. The molecule has 0 atom stereocenters. The zero-order chi connectivity index (χ0) is 22.7. The standard InChI is InChI=1S/C22H24N6O4/c1-15-5-3-4-6-17(15)21-24-20(32-25-21)14-26-9-11-27(12-10-26)19-8-7-16(28(30)31)13-18(19)22(29)23-2/h3-8,13H,9-12,14H2,1-2H3,(H,23,29). The number of carbonyl (C=O) groups excluding carboxylic acids is 1. The SMILES string of the molecule is CNC(=O)c1cc([N+](=O)[O-])ccc1N1CCN(Cc2nc(-c3ccccc3C)no2)CC1. The lowest BCUT2D eigenvalue weighted by Crippen LogP contribution is -2.46. The van der Waals surface area contributed by atoms with Gasteiger partial charge in [0.2, 0.25) is 11.7 Å². The van der Waals surface area contributed by atoms with Gasteiger partial charge < -0.3 is 14.7 Å². The predicted octanol–water partition coefficient (Wildman–Crippen LogP) is 2.64. The summed E-state index contributed by atoms with van der Waals surface area (Å²) in [6, 6.07) is 12.3. The largest absolute Gasteiger partial charge is 0.368 e. The van der Waals surface area contributed by atoms with Crippen LogP contribution in [0.5, 0.6) is 0 Å². The first-order chi connectivity index (χ1) is 15.5. The van der Waals surface area contributed by atoms with Crippen molar-refractivity contribution in [1.82, 2.24) is 20.4 Å². The molecule has 4 rings (SSSR count). The van der Waals surface area contributed by atoms with Crippen LogP contribution in [0.15, 0.2) is 47.0 Å². The van der Waals surface area contributed by atoms with E-state index in [1.807, 2.05) is 31.2 Å². The summed E-state index contributed by atoms with van der Waals surface area (Å²) in [5.74, 6) is 0.789. The second kappa shape index (κ2) is 9.15. The molecule has 1 saturated heterocycles. The average molecular weight is 436 g/mol. The third kappa shape index (κ3) is 4.45. The summed E-state index contributed by atoms with van der Waals surface area (Å²) < 4.78 is 5.46. The summed E-state index contributed by atoms with van der Waals surface area (Å²) >= 11 is 0. The molecule has 1 aliphatic heterocycles. The first-order valence-electron chi connectivity index (χ1n) is 10.3. The molecular formula is C22H24N6O4. The maximum absolute atomic E-state index is 12.3. The quantitative estimate of drug-likeness (QED) is 0.463. The number of carbonyl (C=O) groups is 1. The number of amides is 1. The van der Waals surface area contributed by atoms with E-state index in [2.05, 4.69) is 25.3 Å². The van der Waals surface area contributed by atoms with Crippen molar-refractivity contribution in [3.63, 3.8) is 0 Å². The molecule has 1 amide bonds. The van der Waals surface area contributed by atoms with Crippen molar-refractivity contribution in [2.75, 3.05) is 38.1 Å². The van der Waals surface area contributed by atoms with Crippen LogP contribution in [-0.4, -0.2) is 59.1 Å². The van der Waals surface area contributed by atoms with E-state index in [1.165, 1.54) is 19.2 Å². The lowest BCUT2D eigenvalue weighted by atomic mass is 10.1. The van der Waals surface area contributed by atoms with Crippen LogP contribution in [0.2, 0.25) is 0 Å². The summed E-state index contributed by atoms with van der Waals surface area (Å²) in [6.07, 6.45) is 0. The number of aromatic nitrogens is 2. The van der Waals surface area contributed by atoms with Crippen molar-refractivity contribution in [3.05, 3.63) is 69.6 Å². The molecule has 1 fully saturated rings. The predicted molar refractivity (Wildman–Crippen MR) is 118 cm³/mol. The number of piperazine rings is 1. The van der Waals surface area contributed by atoms with Gasteiger partial charge in [-0.2, -0.15) is 4.98 Å². The fourth-order valence-electron chi connectivity index (χ4n) is 3.82. The van der Waals surface area contributed by atoms with Gasteiger partial charge in [-0.15, -0.1) is 0 Å². The van der Waals surface area contributed by atoms with E-state index in [9.17, 15) is 14.9 Å². The molecule has 10 nitrogen and oxygen atoms in total. The third-order valence-corrected chi connectivity index (χ3v) is 5.59. The van der Waals surface area contributed by atoms with Crippen molar-refractivity contribution in [2.45, 2.75) is 13.5 Å². The maximum Gasteiger partial charge on any atom is 0.270 e. The summed E-state index contributed by atoms with van der Waals surface area (Å²) in [4.78, 5) is 31.7. The Morgan fingerprint density at radius 2 is 1.94 bits per heavy atom. The Balaban J connectivity index is 1.42. The van der Waals surface area contributed by atoms with Crippen LogP contribution in [0.3, 0.4) is 0 Å².